The highest BCUT2D eigenvalue weighted by Gasteiger charge is 2.31. The summed E-state index contributed by atoms with van der Waals surface area (Å²) in [6, 6.07) is 4.69. The largest absolute Gasteiger partial charge is 0.416 e. The second-order valence-electron chi connectivity index (χ2n) is 10.3. The van der Waals surface area contributed by atoms with Crippen LogP contribution in [0.4, 0.5) is 19.0 Å². The van der Waals surface area contributed by atoms with E-state index in [1.54, 1.807) is 12.4 Å². The number of carbonyl (C=O) groups excluding carboxylic acids is 1. The standard InChI is InChI=1S/C26H38F3N5O/c1-5-9-22(31-19(2)14-20-10-8-11-21(15-20)26(27,28)29)24(35)32-23-16-34(18-30-23)25(3,4)17-33-12-6-7-13-33/h8,10-11,15-16,18-19,22,31H,5-7,9,12-14,17H2,1-4H3,(H,32,35). The minimum atomic E-state index is -4.37. The van der Waals surface area contributed by atoms with E-state index in [0.717, 1.165) is 32.1 Å². The molecule has 1 fully saturated rings. The van der Waals surface area contributed by atoms with Gasteiger partial charge >= 0.3 is 6.18 Å². The molecule has 2 heterocycles. The van der Waals surface area contributed by atoms with E-state index in [4.69, 9.17) is 0 Å². The molecule has 1 saturated heterocycles. The number of imidazole rings is 1. The number of hydrogen-bond donors (Lipinski definition) is 2. The number of nitrogens with zero attached hydrogens (tertiary/aromatic N) is 3. The molecule has 1 aromatic heterocycles. The molecule has 0 saturated carbocycles. The number of halogens is 3. The molecule has 1 aliphatic heterocycles. The maximum Gasteiger partial charge on any atom is 0.416 e. The van der Waals surface area contributed by atoms with Gasteiger partial charge in [-0.3, -0.25) is 4.79 Å². The molecule has 9 heteroatoms. The lowest BCUT2D eigenvalue weighted by Gasteiger charge is -2.31. The first-order chi connectivity index (χ1) is 16.5. The van der Waals surface area contributed by atoms with E-state index in [1.807, 2.05) is 24.6 Å². The summed E-state index contributed by atoms with van der Waals surface area (Å²) in [5.74, 6) is 0.309. The average Bonchev–Trinajstić information content (AvgIpc) is 3.45. The molecule has 3 rings (SSSR count). The molecule has 0 bridgehead atoms. The Morgan fingerprint density at radius 3 is 2.57 bits per heavy atom. The number of hydrogen-bond acceptors (Lipinski definition) is 4. The fraction of sp³-hybridized carbons (Fsp3) is 0.615. The third-order valence-corrected chi connectivity index (χ3v) is 6.52. The molecule has 0 aliphatic carbocycles. The quantitative estimate of drug-likeness (QED) is 0.459. The Hall–Kier alpha value is -2.39. The van der Waals surface area contributed by atoms with Gasteiger partial charge in [-0.25, -0.2) is 4.98 Å². The first-order valence-corrected chi connectivity index (χ1v) is 12.5. The molecule has 194 valence electrons. The van der Waals surface area contributed by atoms with Crippen LogP contribution in [0.2, 0.25) is 0 Å². The van der Waals surface area contributed by atoms with E-state index in [2.05, 4.69) is 34.4 Å². The van der Waals surface area contributed by atoms with E-state index >= 15 is 0 Å². The van der Waals surface area contributed by atoms with E-state index in [-0.39, 0.29) is 17.5 Å². The van der Waals surface area contributed by atoms with Crippen molar-refractivity contribution in [3.8, 4) is 0 Å². The number of benzene rings is 1. The van der Waals surface area contributed by atoms with Crippen LogP contribution in [-0.2, 0) is 22.9 Å². The van der Waals surface area contributed by atoms with Gasteiger partial charge in [-0.15, -0.1) is 0 Å². The van der Waals surface area contributed by atoms with Crippen molar-refractivity contribution in [2.75, 3.05) is 25.0 Å². The van der Waals surface area contributed by atoms with Crippen molar-refractivity contribution in [3.05, 3.63) is 47.9 Å². The summed E-state index contributed by atoms with van der Waals surface area (Å²) in [6.45, 7) is 11.4. The predicted octanol–water partition coefficient (Wildman–Crippen LogP) is 5.06. The van der Waals surface area contributed by atoms with Crippen molar-refractivity contribution < 1.29 is 18.0 Å². The van der Waals surface area contributed by atoms with Crippen LogP contribution in [0, 0.1) is 0 Å². The Morgan fingerprint density at radius 1 is 1.20 bits per heavy atom. The molecule has 35 heavy (non-hydrogen) atoms. The highest BCUT2D eigenvalue weighted by Crippen LogP contribution is 2.29. The van der Waals surface area contributed by atoms with Crippen LogP contribution in [0.25, 0.3) is 0 Å². The number of amides is 1. The van der Waals surface area contributed by atoms with E-state index in [9.17, 15) is 18.0 Å². The maximum absolute atomic E-state index is 13.0. The molecule has 0 radical (unpaired) electrons. The summed E-state index contributed by atoms with van der Waals surface area (Å²) in [5, 5.41) is 6.21. The molecule has 2 unspecified atom stereocenters. The number of likely N-dealkylation sites (tertiary alicyclic amines) is 1. The second kappa shape index (κ2) is 11.6. The van der Waals surface area contributed by atoms with E-state index < -0.39 is 17.8 Å². The topological polar surface area (TPSA) is 62.2 Å². The van der Waals surface area contributed by atoms with Crippen molar-refractivity contribution in [3.63, 3.8) is 0 Å². The number of anilines is 1. The van der Waals surface area contributed by atoms with E-state index in [1.165, 1.54) is 25.0 Å². The van der Waals surface area contributed by atoms with Crippen LogP contribution in [0.15, 0.2) is 36.8 Å². The molecular formula is C26H38F3N5O. The zero-order valence-corrected chi connectivity index (χ0v) is 21.2. The molecule has 6 nitrogen and oxygen atoms in total. The highest BCUT2D eigenvalue weighted by atomic mass is 19.4. The predicted molar refractivity (Wildman–Crippen MR) is 132 cm³/mol. The number of aromatic nitrogens is 2. The normalized spacial score (nSPS) is 16.9. The zero-order chi connectivity index (χ0) is 25.6. The Bertz CT molecular complexity index is 966. The molecule has 0 spiro atoms. The van der Waals surface area contributed by atoms with Gasteiger partial charge in [-0.2, -0.15) is 13.2 Å². The van der Waals surface area contributed by atoms with Crippen molar-refractivity contribution in [1.29, 1.82) is 0 Å². The van der Waals surface area contributed by atoms with Crippen LogP contribution in [0.1, 0.15) is 64.5 Å². The molecular weight excluding hydrogens is 455 g/mol. The van der Waals surface area contributed by atoms with Crippen LogP contribution >= 0.6 is 0 Å². The van der Waals surface area contributed by atoms with Gasteiger partial charge in [0.05, 0.1) is 23.5 Å². The average molecular weight is 494 g/mol. The lowest BCUT2D eigenvalue weighted by molar-refractivity contribution is -0.137. The number of alkyl halides is 3. The van der Waals surface area contributed by atoms with Crippen LogP contribution in [0.5, 0.6) is 0 Å². The molecule has 1 aliphatic rings. The Kier molecular flexibility index (Phi) is 8.99. The Morgan fingerprint density at radius 2 is 1.91 bits per heavy atom. The summed E-state index contributed by atoms with van der Waals surface area (Å²) >= 11 is 0. The number of nitrogens with one attached hydrogen (secondary N) is 2. The van der Waals surface area contributed by atoms with Crippen LogP contribution < -0.4 is 10.6 Å². The van der Waals surface area contributed by atoms with Gasteiger partial charge < -0.3 is 20.1 Å². The fourth-order valence-corrected chi connectivity index (χ4v) is 4.71. The molecule has 2 atom stereocenters. The first-order valence-electron chi connectivity index (χ1n) is 12.5. The summed E-state index contributed by atoms with van der Waals surface area (Å²) in [4.78, 5) is 19.9. The van der Waals surface area contributed by atoms with Crippen molar-refractivity contribution in [2.24, 2.45) is 0 Å². The smallest absolute Gasteiger partial charge is 0.328 e. The van der Waals surface area contributed by atoms with Crippen LogP contribution in [-0.4, -0.2) is 52.1 Å². The van der Waals surface area contributed by atoms with Crippen molar-refractivity contribution in [1.82, 2.24) is 19.8 Å². The summed E-state index contributed by atoms with van der Waals surface area (Å²) in [7, 11) is 0. The Balaban J connectivity index is 1.59. The van der Waals surface area contributed by atoms with Gasteiger partial charge in [0.15, 0.2) is 5.82 Å². The van der Waals surface area contributed by atoms with Crippen LogP contribution in [0.3, 0.4) is 0 Å². The van der Waals surface area contributed by atoms with Crippen molar-refractivity contribution >= 4 is 11.7 Å². The third-order valence-electron chi connectivity index (χ3n) is 6.52. The number of rotatable bonds is 11. The maximum atomic E-state index is 13.0. The minimum absolute atomic E-state index is 0.152. The second-order valence-corrected chi connectivity index (χ2v) is 10.3. The van der Waals surface area contributed by atoms with E-state index in [0.29, 0.717) is 24.2 Å². The zero-order valence-electron chi connectivity index (χ0n) is 21.2. The SMILES string of the molecule is CCCC(NC(C)Cc1cccc(C(F)(F)F)c1)C(=O)Nc1cn(C(C)(C)CN2CCCC2)cn1. The molecule has 1 aromatic carbocycles. The lowest BCUT2D eigenvalue weighted by Crippen LogP contribution is -2.45. The highest BCUT2D eigenvalue weighted by molar-refractivity contribution is 5.94. The van der Waals surface area contributed by atoms with Gasteiger partial charge in [-0.1, -0.05) is 31.5 Å². The van der Waals surface area contributed by atoms with Gasteiger partial charge in [-0.05, 0) is 71.2 Å². The minimum Gasteiger partial charge on any atom is -0.328 e. The van der Waals surface area contributed by atoms with Gasteiger partial charge in [0.25, 0.3) is 0 Å². The summed E-state index contributed by atoms with van der Waals surface area (Å²) in [6.07, 6.45) is 3.50. The van der Waals surface area contributed by atoms with Gasteiger partial charge in [0, 0.05) is 18.8 Å². The lowest BCUT2D eigenvalue weighted by atomic mass is 10.0. The fourth-order valence-electron chi connectivity index (χ4n) is 4.71. The molecule has 2 aromatic rings. The Labute approximate surface area is 206 Å². The monoisotopic (exact) mass is 493 g/mol. The molecule has 2 N–H and O–H groups in total. The number of carbonyl (C=O) groups is 1. The van der Waals surface area contributed by atoms with Gasteiger partial charge in [0.2, 0.25) is 5.91 Å². The summed E-state index contributed by atoms with van der Waals surface area (Å²) < 4.78 is 41.1. The summed E-state index contributed by atoms with van der Waals surface area (Å²) in [5.41, 5.74) is -0.233. The molecule has 1 amide bonds. The third kappa shape index (κ3) is 7.80. The first kappa shape index (κ1) is 27.2. The van der Waals surface area contributed by atoms with Crippen molar-refractivity contribution in [2.45, 2.75) is 83.6 Å². The van der Waals surface area contributed by atoms with Gasteiger partial charge in [0.1, 0.15) is 0 Å².